The number of benzene rings is 1. The normalized spacial score (nSPS) is 16.6. The molecule has 0 amide bonds. The van der Waals surface area contributed by atoms with Crippen LogP contribution in [0.15, 0.2) is 30.3 Å². The summed E-state index contributed by atoms with van der Waals surface area (Å²) in [7, 11) is -3.98. The molecule has 5 nitrogen and oxygen atoms in total. The van der Waals surface area contributed by atoms with Crippen LogP contribution in [-0.4, -0.2) is 54.5 Å². The van der Waals surface area contributed by atoms with Crippen LogP contribution >= 0.6 is 0 Å². The summed E-state index contributed by atoms with van der Waals surface area (Å²) < 4.78 is 31.9. The molecule has 1 aromatic carbocycles. The standard InChI is InChI=1S/C21H36NO.C10H22O3S/c1-4-22(5-2,6-3)18-17-21(23,19-13-9-7-10-14-19)20-15-11-8-12-16-20;1-2-3-4-5-6-7-8-9-10-14(11,12)13/h7,9-10,13-14,20,23H,4-6,8,11-12,15-18H2,1-3H3;2-10H2,1H3,(H,11,12,13)/q+1;/p-1. The van der Waals surface area contributed by atoms with Crippen molar-refractivity contribution in [2.45, 2.75) is 123 Å². The number of aliphatic hydroxyl groups is 1. The lowest BCUT2D eigenvalue weighted by molar-refractivity contribution is -0.924. The van der Waals surface area contributed by atoms with Crippen LogP contribution in [0.5, 0.6) is 0 Å². The van der Waals surface area contributed by atoms with Gasteiger partial charge in [-0.3, -0.25) is 0 Å². The highest BCUT2D eigenvalue weighted by atomic mass is 32.2. The molecule has 216 valence electrons. The van der Waals surface area contributed by atoms with E-state index in [9.17, 15) is 18.1 Å². The fraction of sp³-hybridized carbons (Fsp3) is 0.806. The highest BCUT2D eigenvalue weighted by molar-refractivity contribution is 7.85. The molecule has 6 heteroatoms. The quantitative estimate of drug-likeness (QED) is 0.127. The molecule has 1 N–H and O–H groups in total. The molecule has 0 aromatic heterocycles. The smallest absolute Gasteiger partial charge is 0.0978 e. The molecule has 1 fully saturated rings. The summed E-state index contributed by atoms with van der Waals surface area (Å²) in [6.45, 7) is 13.6. The van der Waals surface area contributed by atoms with Gasteiger partial charge in [0, 0.05) is 12.2 Å². The van der Waals surface area contributed by atoms with Gasteiger partial charge in [0.05, 0.1) is 41.9 Å². The second-order valence-corrected chi connectivity index (χ2v) is 12.6. The lowest BCUT2D eigenvalue weighted by atomic mass is 9.71. The van der Waals surface area contributed by atoms with E-state index >= 15 is 0 Å². The SMILES string of the molecule is CCCCCCCCCCS(=O)(=O)[O-].CC[N+](CC)(CC)CCC(O)(c1ccccc1)C1CCCCC1. The Hall–Kier alpha value is -0.950. The predicted molar refractivity (Wildman–Crippen MR) is 155 cm³/mol. The summed E-state index contributed by atoms with van der Waals surface area (Å²) in [5.41, 5.74) is 0.485. The Labute approximate surface area is 229 Å². The minimum atomic E-state index is -3.98. The third-order valence-electron chi connectivity index (χ3n) is 8.78. The van der Waals surface area contributed by atoms with Crippen LogP contribution in [-0.2, 0) is 15.7 Å². The van der Waals surface area contributed by atoms with Crippen LogP contribution in [0.1, 0.15) is 123 Å². The minimum absolute atomic E-state index is 0.193. The monoisotopic (exact) mass is 539 g/mol. The molecule has 0 bridgehead atoms. The van der Waals surface area contributed by atoms with E-state index in [0.29, 0.717) is 12.3 Å². The molecule has 0 heterocycles. The fourth-order valence-electron chi connectivity index (χ4n) is 5.86. The van der Waals surface area contributed by atoms with E-state index in [1.807, 2.05) is 0 Å². The summed E-state index contributed by atoms with van der Waals surface area (Å²) in [6, 6.07) is 10.5. The molecule has 1 aliphatic carbocycles. The lowest BCUT2D eigenvalue weighted by Gasteiger charge is -2.43. The zero-order chi connectivity index (χ0) is 27.6. The van der Waals surface area contributed by atoms with Crippen molar-refractivity contribution < 1.29 is 22.6 Å². The van der Waals surface area contributed by atoms with E-state index in [1.54, 1.807) is 0 Å². The van der Waals surface area contributed by atoms with E-state index in [-0.39, 0.29) is 5.75 Å². The van der Waals surface area contributed by atoms with Crippen LogP contribution in [0.25, 0.3) is 0 Å². The van der Waals surface area contributed by atoms with E-state index < -0.39 is 15.7 Å². The van der Waals surface area contributed by atoms with Crippen LogP contribution < -0.4 is 0 Å². The van der Waals surface area contributed by atoms with Crippen molar-refractivity contribution in [3.05, 3.63) is 35.9 Å². The van der Waals surface area contributed by atoms with Crippen molar-refractivity contribution >= 4 is 10.1 Å². The molecule has 0 saturated heterocycles. The average Bonchev–Trinajstić information content (AvgIpc) is 2.92. The second kappa shape index (κ2) is 18.4. The molecule has 1 aromatic rings. The first kappa shape index (κ1) is 34.1. The molecular weight excluding hydrogens is 482 g/mol. The van der Waals surface area contributed by atoms with Gasteiger partial charge >= 0.3 is 0 Å². The third kappa shape index (κ3) is 13.1. The maximum atomic E-state index is 11.7. The van der Waals surface area contributed by atoms with Gasteiger partial charge in [-0.2, -0.15) is 0 Å². The van der Waals surface area contributed by atoms with Crippen molar-refractivity contribution in [3.8, 4) is 0 Å². The van der Waals surface area contributed by atoms with E-state index in [1.165, 1.54) is 64.2 Å². The first-order chi connectivity index (χ1) is 17.7. The first-order valence-electron chi connectivity index (χ1n) is 15.2. The van der Waals surface area contributed by atoms with Gasteiger partial charge in [-0.05, 0) is 51.5 Å². The number of rotatable bonds is 17. The maximum absolute atomic E-state index is 11.7. The van der Waals surface area contributed by atoms with Crippen molar-refractivity contribution in [1.29, 1.82) is 0 Å². The molecule has 0 spiro atoms. The second-order valence-electron chi connectivity index (χ2n) is 11.1. The Morgan fingerprint density at radius 1 is 0.838 bits per heavy atom. The predicted octanol–water partition coefficient (Wildman–Crippen LogP) is 7.39. The molecule has 1 unspecified atom stereocenters. The minimum Gasteiger partial charge on any atom is -0.748 e. The van der Waals surface area contributed by atoms with Gasteiger partial charge < -0.3 is 14.1 Å². The zero-order valence-corrected chi connectivity index (χ0v) is 25.2. The molecule has 37 heavy (non-hydrogen) atoms. The Balaban J connectivity index is 0.000000422. The van der Waals surface area contributed by atoms with Crippen LogP contribution in [0.3, 0.4) is 0 Å². The number of nitrogens with zero attached hydrogens (tertiary/aromatic N) is 1. The molecule has 0 radical (unpaired) electrons. The molecule has 2 rings (SSSR count). The average molecular weight is 540 g/mol. The Bertz CT molecular complexity index is 780. The molecule has 1 saturated carbocycles. The van der Waals surface area contributed by atoms with Gasteiger partial charge in [-0.1, -0.05) is 101 Å². The molecule has 1 aliphatic rings. The lowest BCUT2D eigenvalue weighted by Crippen LogP contribution is -2.51. The Morgan fingerprint density at radius 2 is 1.35 bits per heavy atom. The van der Waals surface area contributed by atoms with E-state index in [4.69, 9.17) is 0 Å². The van der Waals surface area contributed by atoms with Gasteiger partial charge in [-0.25, -0.2) is 8.42 Å². The van der Waals surface area contributed by atoms with Crippen molar-refractivity contribution in [3.63, 3.8) is 0 Å². The summed E-state index contributed by atoms with van der Waals surface area (Å²) >= 11 is 0. The number of hydrogen-bond acceptors (Lipinski definition) is 4. The van der Waals surface area contributed by atoms with E-state index in [0.717, 1.165) is 55.5 Å². The topological polar surface area (TPSA) is 77.4 Å². The fourth-order valence-corrected chi connectivity index (χ4v) is 6.41. The van der Waals surface area contributed by atoms with Crippen LogP contribution in [0.4, 0.5) is 0 Å². The van der Waals surface area contributed by atoms with E-state index in [2.05, 4.69) is 58.0 Å². The van der Waals surface area contributed by atoms with Crippen LogP contribution in [0, 0.1) is 5.92 Å². The van der Waals surface area contributed by atoms with Gasteiger partial charge in [-0.15, -0.1) is 0 Å². The summed E-state index contributed by atoms with van der Waals surface area (Å²) in [4.78, 5) is 0. The highest BCUT2D eigenvalue weighted by Crippen LogP contribution is 2.42. The zero-order valence-electron chi connectivity index (χ0n) is 24.4. The Kier molecular flexibility index (Phi) is 16.9. The summed E-state index contributed by atoms with van der Waals surface area (Å²) in [5, 5.41) is 11.7. The molecule has 0 aliphatic heterocycles. The largest absolute Gasteiger partial charge is 0.748 e. The first-order valence-corrected chi connectivity index (χ1v) is 16.8. The number of quaternary nitrogens is 1. The third-order valence-corrected chi connectivity index (χ3v) is 9.57. The summed E-state index contributed by atoms with van der Waals surface area (Å²) in [6.07, 6.45) is 15.8. The van der Waals surface area contributed by atoms with Crippen molar-refractivity contribution in [2.75, 3.05) is 31.9 Å². The van der Waals surface area contributed by atoms with Crippen molar-refractivity contribution in [1.82, 2.24) is 0 Å². The van der Waals surface area contributed by atoms with Gasteiger partial charge in [0.2, 0.25) is 0 Å². The Morgan fingerprint density at radius 3 is 1.84 bits per heavy atom. The van der Waals surface area contributed by atoms with Crippen molar-refractivity contribution in [2.24, 2.45) is 5.92 Å². The van der Waals surface area contributed by atoms with Gasteiger partial charge in [0.25, 0.3) is 0 Å². The number of unbranched alkanes of at least 4 members (excludes halogenated alkanes) is 7. The molecular formula is C31H57NO4S. The summed E-state index contributed by atoms with van der Waals surface area (Å²) in [5.74, 6) is 0.230. The van der Waals surface area contributed by atoms with Gasteiger partial charge in [0.1, 0.15) is 0 Å². The highest BCUT2D eigenvalue weighted by Gasteiger charge is 2.40. The maximum Gasteiger partial charge on any atom is 0.0978 e. The molecule has 1 atom stereocenters. The van der Waals surface area contributed by atoms with Gasteiger partial charge in [0.15, 0.2) is 0 Å². The number of hydrogen-bond donors (Lipinski definition) is 1. The van der Waals surface area contributed by atoms with Crippen LogP contribution in [0.2, 0.25) is 0 Å².